The Labute approximate surface area is 133 Å². The summed E-state index contributed by atoms with van der Waals surface area (Å²) in [5, 5.41) is 25.2. The highest BCUT2D eigenvalue weighted by Gasteiger charge is 2.12. The highest BCUT2D eigenvalue weighted by molar-refractivity contribution is 5.94. The fraction of sp³-hybridized carbons (Fsp3) is 0.188. The van der Waals surface area contributed by atoms with E-state index < -0.39 is 4.92 Å². The first-order chi connectivity index (χ1) is 11.1. The molecule has 0 atom stereocenters. The van der Waals surface area contributed by atoms with Crippen LogP contribution in [0.5, 0.6) is 0 Å². The van der Waals surface area contributed by atoms with Gasteiger partial charge in [0.25, 0.3) is 5.69 Å². The number of amides is 1. The molecule has 7 heteroatoms. The molecule has 0 spiro atoms. The van der Waals surface area contributed by atoms with Crippen LogP contribution in [0.1, 0.15) is 5.56 Å². The van der Waals surface area contributed by atoms with E-state index in [-0.39, 0.29) is 24.7 Å². The van der Waals surface area contributed by atoms with Gasteiger partial charge in [0.05, 0.1) is 11.5 Å². The number of para-hydroxylation sites is 2. The molecule has 0 aliphatic heterocycles. The topological polar surface area (TPSA) is 104 Å². The number of carbonyl (C=O) groups excluding carboxylic acids is 1. The number of rotatable bonds is 7. The Hall–Kier alpha value is -2.93. The average Bonchev–Trinajstić information content (AvgIpc) is 2.55. The first-order valence-electron chi connectivity index (χ1n) is 7.07. The molecule has 0 fully saturated rings. The molecule has 3 N–H and O–H groups in total. The number of nitrogens with zero attached hydrogens (tertiary/aromatic N) is 1. The Bertz CT molecular complexity index is 686. The molecule has 0 bridgehead atoms. The molecule has 0 saturated carbocycles. The minimum absolute atomic E-state index is 0.0749. The van der Waals surface area contributed by atoms with Gasteiger partial charge in [0.1, 0.15) is 5.69 Å². The van der Waals surface area contributed by atoms with Crippen molar-refractivity contribution in [2.24, 2.45) is 0 Å². The van der Waals surface area contributed by atoms with Gasteiger partial charge in [0.15, 0.2) is 0 Å². The SMILES string of the molecule is O=C(CNc1ccccc1[N+](=O)[O-])Nc1ccc(CCO)cc1. The Morgan fingerprint density at radius 1 is 1.13 bits per heavy atom. The van der Waals surface area contributed by atoms with Crippen molar-refractivity contribution < 1.29 is 14.8 Å². The van der Waals surface area contributed by atoms with E-state index in [0.29, 0.717) is 17.8 Å². The maximum atomic E-state index is 11.9. The van der Waals surface area contributed by atoms with Crippen LogP contribution in [-0.2, 0) is 11.2 Å². The fourth-order valence-electron chi connectivity index (χ4n) is 2.05. The number of nitro groups is 1. The van der Waals surface area contributed by atoms with Crippen LogP contribution in [0.15, 0.2) is 48.5 Å². The van der Waals surface area contributed by atoms with E-state index >= 15 is 0 Å². The number of hydrogen-bond donors (Lipinski definition) is 3. The van der Waals surface area contributed by atoms with Crippen LogP contribution in [0.25, 0.3) is 0 Å². The van der Waals surface area contributed by atoms with Crippen molar-refractivity contribution in [1.29, 1.82) is 0 Å². The molecule has 2 aromatic carbocycles. The second-order valence-electron chi connectivity index (χ2n) is 4.85. The van der Waals surface area contributed by atoms with Crippen LogP contribution in [0.4, 0.5) is 17.1 Å². The first kappa shape index (κ1) is 16.4. The van der Waals surface area contributed by atoms with E-state index in [1.165, 1.54) is 6.07 Å². The summed E-state index contributed by atoms with van der Waals surface area (Å²) in [6.07, 6.45) is 0.563. The molecule has 7 nitrogen and oxygen atoms in total. The minimum atomic E-state index is -0.500. The van der Waals surface area contributed by atoms with Gasteiger partial charge in [-0.25, -0.2) is 0 Å². The van der Waals surface area contributed by atoms with Crippen LogP contribution in [-0.4, -0.2) is 29.1 Å². The van der Waals surface area contributed by atoms with Gasteiger partial charge in [-0.2, -0.15) is 0 Å². The van der Waals surface area contributed by atoms with Gasteiger partial charge in [-0.1, -0.05) is 24.3 Å². The number of benzene rings is 2. The van der Waals surface area contributed by atoms with Crippen molar-refractivity contribution >= 4 is 23.0 Å². The summed E-state index contributed by atoms with van der Waals surface area (Å²) in [6, 6.07) is 13.3. The lowest BCUT2D eigenvalue weighted by molar-refractivity contribution is -0.383. The van der Waals surface area contributed by atoms with E-state index in [2.05, 4.69) is 10.6 Å². The highest BCUT2D eigenvalue weighted by atomic mass is 16.6. The normalized spacial score (nSPS) is 10.1. The van der Waals surface area contributed by atoms with Crippen molar-refractivity contribution in [2.75, 3.05) is 23.8 Å². The summed E-state index contributed by atoms with van der Waals surface area (Å²) in [7, 11) is 0. The Morgan fingerprint density at radius 2 is 1.83 bits per heavy atom. The molecule has 2 aromatic rings. The maximum Gasteiger partial charge on any atom is 0.292 e. The molecular weight excluding hydrogens is 298 g/mol. The summed E-state index contributed by atoms with van der Waals surface area (Å²) in [6.45, 7) is -0.00523. The lowest BCUT2D eigenvalue weighted by atomic mass is 10.1. The third-order valence-electron chi connectivity index (χ3n) is 3.18. The van der Waals surface area contributed by atoms with Gasteiger partial charge in [0.2, 0.25) is 5.91 Å². The standard InChI is InChI=1S/C16H17N3O4/c20-10-9-12-5-7-13(8-6-12)18-16(21)11-17-14-3-1-2-4-15(14)19(22)23/h1-8,17,20H,9-11H2,(H,18,21). The zero-order valence-electron chi connectivity index (χ0n) is 12.4. The molecule has 0 saturated heterocycles. The second kappa shape index (κ2) is 7.90. The molecular formula is C16H17N3O4. The van der Waals surface area contributed by atoms with Crippen molar-refractivity contribution in [2.45, 2.75) is 6.42 Å². The minimum Gasteiger partial charge on any atom is -0.396 e. The second-order valence-corrected chi connectivity index (χ2v) is 4.85. The van der Waals surface area contributed by atoms with Crippen LogP contribution >= 0.6 is 0 Å². The van der Waals surface area contributed by atoms with Crippen LogP contribution in [0.3, 0.4) is 0 Å². The number of hydrogen-bond acceptors (Lipinski definition) is 5. The zero-order chi connectivity index (χ0) is 16.7. The monoisotopic (exact) mass is 315 g/mol. The molecule has 0 aromatic heterocycles. The largest absolute Gasteiger partial charge is 0.396 e. The van der Waals surface area contributed by atoms with Crippen molar-refractivity contribution in [1.82, 2.24) is 0 Å². The van der Waals surface area contributed by atoms with Gasteiger partial charge >= 0.3 is 0 Å². The molecule has 0 radical (unpaired) electrons. The van der Waals surface area contributed by atoms with Crippen LogP contribution in [0, 0.1) is 10.1 Å². The zero-order valence-corrected chi connectivity index (χ0v) is 12.4. The molecule has 1 amide bonds. The summed E-state index contributed by atoms with van der Waals surface area (Å²) in [5.41, 5.74) is 1.82. The Kier molecular flexibility index (Phi) is 5.65. The van der Waals surface area contributed by atoms with E-state index in [1.54, 1.807) is 30.3 Å². The van der Waals surface area contributed by atoms with E-state index in [4.69, 9.17) is 5.11 Å². The van der Waals surface area contributed by atoms with Crippen molar-refractivity contribution in [3.63, 3.8) is 0 Å². The molecule has 2 rings (SSSR count). The molecule has 23 heavy (non-hydrogen) atoms. The summed E-state index contributed by atoms with van der Waals surface area (Å²) in [4.78, 5) is 22.3. The maximum absolute atomic E-state index is 11.9. The van der Waals surface area contributed by atoms with Gasteiger partial charge < -0.3 is 15.7 Å². The van der Waals surface area contributed by atoms with E-state index in [0.717, 1.165) is 5.56 Å². The summed E-state index contributed by atoms with van der Waals surface area (Å²) in [5.74, 6) is -0.307. The average molecular weight is 315 g/mol. The van der Waals surface area contributed by atoms with Gasteiger partial charge in [0, 0.05) is 18.4 Å². The van der Waals surface area contributed by atoms with Gasteiger partial charge in [-0.05, 0) is 30.2 Å². The predicted octanol–water partition coefficient (Wildman–Crippen LogP) is 2.18. The van der Waals surface area contributed by atoms with E-state index in [9.17, 15) is 14.9 Å². The van der Waals surface area contributed by atoms with Crippen LogP contribution < -0.4 is 10.6 Å². The highest BCUT2D eigenvalue weighted by Crippen LogP contribution is 2.22. The predicted molar refractivity (Wildman–Crippen MR) is 87.4 cm³/mol. The fourth-order valence-corrected chi connectivity index (χ4v) is 2.05. The van der Waals surface area contributed by atoms with E-state index in [1.807, 2.05) is 12.1 Å². The first-order valence-corrected chi connectivity index (χ1v) is 7.07. The van der Waals surface area contributed by atoms with Crippen molar-refractivity contribution in [3.05, 3.63) is 64.2 Å². The quantitative estimate of drug-likeness (QED) is 0.536. The number of aliphatic hydroxyl groups excluding tert-OH is 1. The molecule has 0 aliphatic carbocycles. The summed E-state index contributed by atoms with van der Waals surface area (Å²) < 4.78 is 0. The molecule has 0 heterocycles. The number of carbonyl (C=O) groups is 1. The lowest BCUT2D eigenvalue weighted by Crippen LogP contribution is -2.22. The Balaban J connectivity index is 1.91. The van der Waals surface area contributed by atoms with Gasteiger partial charge in [-0.3, -0.25) is 14.9 Å². The Morgan fingerprint density at radius 3 is 2.48 bits per heavy atom. The third kappa shape index (κ3) is 4.79. The number of anilines is 2. The third-order valence-corrected chi connectivity index (χ3v) is 3.18. The number of nitro benzene ring substituents is 1. The number of nitrogens with one attached hydrogen (secondary N) is 2. The molecule has 120 valence electrons. The van der Waals surface area contributed by atoms with Gasteiger partial charge in [-0.15, -0.1) is 0 Å². The van der Waals surface area contributed by atoms with Crippen LogP contribution in [0.2, 0.25) is 0 Å². The lowest BCUT2D eigenvalue weighted by Gasteiger charge is -2.08. The summed E-state index contributed by atoms with van der Waals surface area (Å²) >= 11 is 0. The molecule has 0 unspecified atom stereocenters. The molecule has 0 aliphatic rings. The van der Waals surface area contributed by atoms with Crippen molar-refractivity contribution in [3.8, 4) is 0 Å². The number of aliphatic hydroxyl groups is 1. The smallest absolute Gasteiger partial charge is 0.292 e.